The Morgan fingerprint density at radius 2 is 1.80 bits per heavy atom. The summed E-state index contributed by atoms with van der Waals surface area (Å²) in [6.45, 7) is 2.73. The summed E-state index contributed by atoms with van der Waals surface area (Å²) >= 11 is 11.7. The second kappa shape index (κ2) is 4.64. The molecular weight excluding hydrogens is 237 g/mol. The van der Waals surface area contributed by atoms with Gasteiger partial charge in [0.05, 0.1) is 21.3 Å². The summed E-state index contributed by atoms with van der Waals surface area (Å²) in [6, 6.07) is 3.08. The molecule has 0 fully saturated rings. The molecule has 1 N–H and O–H groups in total. The fourth-order valence-corrected chi connectivity index (χ4v) is 1.85. The lowest BCUT2D eigenvalue weighted by Gasteiger charge is -2.09. The summed E-state index contributed by atoms with van der Waals surface area (Å²) in [5, 5.41) is 2.96. The number of carbonyl (C=O) groups excluding carboxylic acids is 2. The third-order valence-corrected chi connectivity index (χ3v) is 2.46. The summed E-state index contributed by atoms with van der Waals surface area (Å²) in [5.41, 5.74) is 0.614. The molecule has 3 nitrogen and oxygen atoms in total. The van der Waals surface area contributed by atoms with E-state index in [-0.39, 0.29) is 27.3 Å². The van der Waals surface area contributed by atoms with Crippen LogP contribution >= 0.6 is 23.2 Å². The number of rotatable bonds is 2. The Balaban J connectivity index is 3.28. The largest absolute Gasteiger partial charge is 0.325 e. The molecule has 1 rings (SSSR count). The summed E-state index contributed by atoms with van der Waals surface area (Å²) in [7, 11) is 0. The summed E-state index contributed by atoms with van der Waals surface area (Å²) in [5.74, 6) is -0.495. The second-order valence-electron chi connectivity index (χ2n) is 3.02. The number of Topliss-reactive ketones (excluding diaryl/α,β-unsaturated/α-hetero) is 1. The average molecular weight is 246 g/mol. The van der Waals surface area contributed by atoms with Crippen LogP contribution in [0.3, 0.4) is 0 Å². The van der Waals surface area contributed by atoms with Crippen LogP contribution in [-0.2, 0) is 4.79 Å². The molecule has 0 aliphatic heterocycles. The van der Waals surface area contributed by atoms with Gasteiger partial charge in [0, 0.05) is 6.92 Å². The number of anilines is 1. The molecule has 0 aliphatic carbocycles. The van der Waals surface area contributed by atoms with Crippen molar-refractivity contribution in [1.82, 2.24) is 0 Å². The van der Waals surface area contributed by atoms with E-state index in [1.165, 1.54) is 19.9 Å². The molecule has 5 heteroatoms. The van der Waals surface area contributed by atoms with Crippen LogP contribution in [0.1, 0.15) is 24.2 Å². The zero-order chi connectivity index (χ0) is 11.6. The molecular formula is C10H9Cl2NO2. The number of carbonyl (C=O) groups is 2. The molecule has 1 aromatic rings. The Morgan fingerprint density at radius 3 is 2.27 bits per heavy atom. The lowest BCUT2D eigenvalue weighted by Crippen LogP contribution is -2.08. The van der Waals surface area contributed by atoms with Gasteiger partial charge in [-0.25, -0.2) is 0 Å². The highest BCUT2D eigenvalue weighted by atomic mass is 35.5. The first-order valence-corrected chi connectivity index (χ1v) is 4.95. The third-order valence-electron chi connectivity index (χ3n) is 1.75. The van der Waals surface area contributed by atoms with Crippen molar-refractivity contribution in [2.75, 3.05) is 5.32 Å². The van der Waals surface area contributed by atoms with Gasteiger partial charge in [-0.1, -0.05) is 23.2 Å². The van der Waals surface area contributed by atoms with Crippen LogP contribution in [0.4, 0.5) is 5.69 Å². The Hall–Kier alpha value is -1.06. The molecule has 15 heavy (non-hydrogen) atoms. The number of hydrogen-bond donors (Lipinski definition) is 1. The molecule has 0 saturated heterocycles. The monoisotopic (exact) mass is 245 g/mol. The molecule has 0 saturated carbocycles. The molecule has 0 atom stereocenters. The third kappa shape index (κ3) is 2.70. The fraction of sp³-hybridized carbons (Fsp3) is 0.200. The van der Waals surface area contributed by atoms with Gasteiger partial charge in [0.15, 0.2) is 5.78 Å². The first-order chi connectivity index (χ1) is 6.93. The predicted octanol–water partition coefficient (Wildman–Crippen LogP) is 3.15. The van der Waals surface area contributed by atoms with Crippen molar-refractivity contribution in [3.63, 3.8) is 0 Å². The van der Waals surface area contributed by atoms with E-state index in [1.54, 1.807) is 6.07 Å². The van der Waals surface area contributed by atoms with Gasteiger partial charge in [-0.3, -0.25) is 9.59 Å². The number of hydrogen-bond acceptors (Lipinski definition) is 2. The maximum Gasteiger partial charge on any atom is 0.221 e. The van der Waals surface area contributed by atoms with Gasteiger partial charge < -0.3 is 5.32 Å². The zero-order valence-electron chi connectivity index (χ0n) is 8.23. The maximum absolute atomic E-state index is 11.2. The van der Waals surface area contributed by atoms with E-state index in [0.717, 1.165) is 0 Å². The minimum absolute atomic E-state index is 0.171. The van der Waals surface area contributed by atoms with E-state index < -0.39 is 0 Å². The normalized spacial score (nSPS) is 9.87. The molecule has 0 unspecified atom stereocenters. The fourth-order valence-electron chi connectivity index (χ4n) is 1.16. The van der Waals surface area contributed by atoms with Crippen LogP contribution in [0.15, 0.2) is 12.1 Å². The number of ketones is 1. The molecule has 1 aromatic carbocycles. The summed E-state index contributed by atoms with van der Waals surface area (Å²) in [6.07, 6.45) is 0. The van der Waals surface area contributed by atoms with E-state index in [4.69, 9.17) is 23.2 Å². The van der Waals surface area contributed by atoms with Crippen LogP contribution in [0.5, 0.6) is 0 Å². The number of amides is 1. The lowest BCUT2D eigenvalue weighted by atomic mass is 10.1. The van der Waals surface area contributed by atoms with Gasteiger partial charge in [0.2, 0.25) is 5.91 Å². The number of nitrogens with one attached hydrogen (secondary N) is 1. The Morgan fingerprint density at radius 1 is 1.20 bits per heavy atom. The number of benzene rings is 1. The molecule has 1 amide bonds. The molecule has 0 bridgehead atoms. The van der Waals surface area contributed by atoms with E-state index in [2.05, 4.69) is 5.32 Å². The lowest BCUT2D eigenvalue weighted by molar-refractivity contribution is -0.114. The standard InChI is InChI=1S/C10H9Cl2NO2/c1-5(14)9-7(11)3-4-8(10(9)12)13-6(2)15/h3-4H,1-2H3,(H,13,15). The van der Waals surface area contributed by atoms with Crippen LogP contribution in [0.25, 0.3) is 0 Å². The molecule has 0 aromatic heterocycles. The van der Waals surface area contributed by atoms with Crippen LogP contribution in [0, 0.1) is 0 Å². The SMILES string of the molecule is CC(=O)Nc1ccc(Cl)c(C(C)=O)c1Cl. The number of halogens is 2. The minimum atomic E-state index is -0.256. The van der Waals surface area contributed by atoms with Crippen molar-refractivity contribution in [2.24, 2.45) is 0 Å². The highest BCUT2D eigenvalue weighted by molar-refractivity contribution is 6.41. The van der Waals surface area contributed by atoms with E-state index in [1.807, 2.05) is 0 Å². The second-order valence-corrected chi connectivity index (χ2v) is 3.81. The van der Waals surface area contributed by atoms with Gasteiger partial charge in [-0.15, -0.1) is 0 Å². The van der Waals surface area contributed by atoms with Gasteiger partial charge in [-0.2, -0.15) is 0 Å². The van der Waals surface area contributed by atoms with Crippen molar-refractivity contribution in [3.05, 3.63) is 27.7 Å². The molecule has 0 heterocycles. The summed E-state index contributed by atoms with van der Waals surface area (Å²) < 4.78 is 0. The van der Waals surface area contributed by atoms with Crippen LogP contribution in [0.2, 0.25) is 10.0 Å². The molecule has 80 valence electrons. The topological polar surface area (TPSA) is 46.2 Å². The van der Waals surface area contributed by atoms with Gasteiger partial charge in [0.1, 0.15) is 0 Å². The summed E-state index contributed by atoms with van der Waals surface area (Å²) in [4.78, 5) is 22.1. The van der Waals surface area contributed by atoms with Gasteiger partial charge in [0.25, 0.3) is 0 Å². The highest BCUT2D eigenvalue weighted by Gasteiger charge is 2.14. The smallest absolute Gasteiger partial charge is 0.221 e. The quantitative estimate of drug-likeness (QED) is 0.814. The average Bonchev–Trinajstić information content (AvgIpc) is 2.09. The molecule has 0 radical (unpaired) electrons. The first-order valence-electron chi connectivity index (χ1n) is 4.20. The Bertz CT molecular complexity index is 430. The van der Waals surface area contributed by atoms with Gasteiger partial charge in [-0.05, 0) is 19.1 Å². The highest BCUT2D eigenvalue weighted by Crippen LogP contribution is 2.31. The van der Waals surface area contributed by atoms with Crippen molar-refractivity contribution >= 4 is 40.6 Å². The van der Waals surface area contributed by atoms with Crippen LogP contribution < -0.4 is 5.32 Å². The first kappa shape index (κ1) is 12.0. The minimum Gasteiger partial charge on any atom is -0.325 e. The van der Waals surface area contributed by atoms with Crippen molar-refractivity contribution < 1.29 is 9.59 Å². The molecule has 0 spiro atoms. The Kier molecular flexibility index (Phi) is 3.72. The maximum atomic E-state index is 11.2. The van der Waals surface area contributed by atoms with E-state index in [0.29, 0.717) is 5.69 Å². The Labute approximate surface area is 97.4 Å². The van der Waals surface area contributed by atoms with E-state index >= 15 is 0 Å². The van der Waals surface area contributed by atoms with Crippen molar-refractivity contribution in [1.29, 1.82) is 0 Å². The van der Waals surface area contributed by atoms with Gasteiger partial charge >= 0.3 is 0 Å². The van der Waals surface area contributed by atoms with Crippen molar-refractivity contribution in [2.45, 2.75) is 13.8 Å². The predicted molar refractivity (Wildman–Crippen MR) is 60.8 cm³/mol. The van der Waals surface area contributed by atoms with Crippen LogP contribution in [-0.4, -0.2) is 11.7 Å². The zero-order valence-corrected chi connectivity index (χ0v) is 9.74. The van der Waals surface area contributed by atoms with Crippen molar-refractivity contribution in [3.8, 4) is 0 Å². The van der Waals surface area contributed by atoms with E-state index in [9.17, 15) is 9.59 Å². The molecule has 0 aliphatic rings.